The SMILES string of the molecule is CCc1occc1C(N)c1c(F)ccc(Br)c1F. The molecule has 0 saturated carbocycles. The monoisotopic (exact) mass is 315 g/mol. The molecule has 0 aliphatic rings. The van der Waals surface area contributed by atoms with Gasteiger partial charge in [-0.1, -0.05) is 6.92 Å². The maximum absolute atomic E-state index is 13.9. The molecule has 18 heavy (non-hydrogen) atoms. The second-order valence-electron chi connectivity index (χ2n) is 3.89. The van der Waals surface area contributed by atoms with Crippen molar-refractivity contribution in [3.8, 4) is 0 Å². The largest absolute Gasteiger partial charge is 0.469 e. The van der Waals surface area contributed by atoms with E-state index < -0.39 is 17.7 Å². The van der Waals surface area contributed by atoms with Crippen LogP contribution in [0.15, 0.2) is 33.4 Å². The molecule has 0 aliphatic carbocycles. The number of hydrogen-bond donors (Lipinski definition) is 1. The lowest BCUT2D eigenvalue weighted by molar-refractivity contribution is 0.502. The molecule has 2 rings (SSSR count). The first-order valence-corrected chi connectivity index (χ1v) is 6.30. The van der Waals surface area contributed by atoms with Crippen molar-refractivity contribution in [1.29, 1.82) is 0 Å². The van der Waals surface area contributed by atoms with Gasteiger partial charge in [0.15, 0.2) is 0 Å². The molecule has 5 heteroatoms. The topological polar surface area (TPSA) is 39.2 Å². The highest BCUT2D eigenvalue weighted by Crippen LogP contribution is 2.31. The molecule has 2 aromatic rings. The molecule has 0 bridgehead atoms. The van der Waals surface area contributed by atoms with Gasteiger partial charge in [-0.25, -0.2) is 8.78 Å². The van der Waals surface area contributed by atoms with Crippen LogP contribution in [-0.2, 0) is 6.42 Å². The maximum Gasteiger partial charge on any atom is 0.145 e. The van der Waals surface area contributed by atoms with Crippen LogP contribution in [0, 0.1) is 11.6 Å². The zero-order chi connectivity index (χ0) is 13.3. The van der Waals surface area contributed by atoms with Crippen LogP contribution < -0.4 is 5.73 Å². The molecule has 1 heterocycles. The lowest BCUT2D eigenvalue weighted by Crippen LogP contribution is -2.16. The van der Waals surface area contributed by atoms with Gasteiger partial charge in [0.05, 0.1) is 16.8 Å². The van der Waals surface area contributed by atoms with Crippen LogP contribution >= 0.6 is 15.9 Å². The van der Waals surface area contributed by atoms with Gasteiger partial charge in [-0.3, -0.25) is 0 Å². The number of hydrogen-bond acceptors (Lipinski definition) is 2. The molecular formula is C13H12BrF2NO. The molecule has 2 nitrogen and oxygen atoms in total. The average Bonchev–Trinajstić information content (AvgIpc) is 2.82. The van der Waals surface area contributed by atoms with E-state index in [9.17, 15) is 8.78 Å². The molecule has 0 amide bonds. The van der Waals surface area contributed by atoms with Crippen molar-refractivity contribution in [2.75, 3.05) is 0 Å². The molecule has 0 saturated heterocycles. The van der Waals surface area contributed by atoms with E-state index in [1.807, 2.05) is 6.92 Å². The molecule has 0 spiro atoms. The van der Waals surface area contributed by atoms with Gasteiger partial charge in [-0.05, 0) is 34.1 Å². The maximum atomic E-state index is 13.9. The lowest BCUT2D eigenvalue weighted by atomic mass is 9.98. The highest BCUT2D eigenvalue weighted by Gasteiger charge is 2.23. The summed E-state index contributed by atoms with van der Waals surface area (Å²) in [6, 6.07) is 3.27. The Kier molecular flexibility index (Phi) is 3.82. The fourth-order valence-electron chi connectivity index (χ4n) is 1.90. The summed E-state index contributed by atoms with van der Waals surface area (Å²) in [4.78, 5) is 0. The molecule has 96 valence electrons. The summed E-state index contributed by atoms with van der Waals surface area (Å²) in [5.41, 5.74) is 6.40. The minimum absolute atomic E-state index is 0.152. The van der Waals surface area contributed by atoms with E-state index in [4.69, 9.17) is 10.2 Å². The Labute approximate surface area is 112 Å². The summed E-state index contributed by atoms with van der Waals surface area (Å²) in [5, 5.41) is 0. The molecule has 1 aromatic carbocycles. The van der Waals surface area contributed by atoms with Crippen molar-refractivity contribution in [3.05, 3.63) is 57.5 Å². The summed E-state index contributed by atoms with van der Waals surface area (Å²) < 4.78 is 33.1. The second-order valence-corrected chi connectivity index (χ2v) is 4.74. The first-order chi connectivity index (χ1) is 8.56. The fraction of sp³-hybridized carbons (Fsp3) is 0.231. The standard InChI is InChI=1S/C13H12BrF2NO/c1-2-10-7(5-6-18-10)13(17)11-9(15)4-3-8(14)12(11)16/h3-6,13H,2,17H2,1H3. The van der Waals surface area contributed by atoms with Crippen LogP contribution in [0.1, 0.15) is 29.9 Å². The quantitative estimate of drug-likeness (QED) is 0.872. The number of aryl methyl sites for hydroxylation is 1. The van der Waals surface area contributed by atoms with Crippen molar-refractivity contribution in [2.45, 2.75) is 19.4 Å². The van der Waals surface area contributed by atoms with E-state index in [0.717, 1.165) is 0 Å². The van der Waals surface area contributed by atoms with Crippen molar-refractivity contribution in [2.24, 2.45) is 5.73 Å². The fourth-order valence-corrected chi connectivity index (χ4v) is 2.24. The van der Waals surface area contributed by atoms with E-state index in [-0.39, 0.29) is 10.0 Å². The van der Waals surface area contributed by atoms with Crippen molar-refractivity contribution < 1.29 is 13.2 Å². The summed E-state index contributed by atoms with van der Waals surface area (Å²) in [7, 11) is 0. The molecule has 0 fully saturated rings. The third-order valence-corrected chi connectivity index (χ3v) is 3.44. The predicted molar refractivity (Wildman–Crippen MR) is 68.2 cm³/mol. The van der Waals surface area contributed by atoms with Gasteiger partial charge in [0.1, 0.15) is 17.4 Å². The van der Waals surface area contributed by atoms with Crippen LogP contribution in [0.5, 0.6) is 0 Å². The molecular weight excluding hydrogens is 304 g/mol. The molecule has 1 atom stereocenters. The highest BCUT2D eigenvalue weighted by molar-refractivity contribution is 9.10. The Morgan fingerprint density at radius 1 is 1.33 bits per heavy atom. The average molecular weight is 316 g/mol. The van der Waals surface area contributed by atoms with Gasteiger partial charge in [0.25, 0.3) is 0 Å². The second kappa shape index (κ2) is 5.20. The Hall–Kier alpha value is -1.20. The molecule has 1 unspecified atom stereocenters. The van der Waals surface area contributed by atoms with Crippen LogP contribution in [0.4, 0.5) is 8.78 Å². The number of nitrogens with two attached hydrogens (primary N) is 1. The Bertz CT molecular complexity index is 568. The van der Waals surface area contributed by atoms with E-state index in [2.05, 4.69) is 15.9 Å². The normalized spacial score (nSPS) is 12.7. The van der Waals surface area contributed by atoms with Gasteiger partial charge in [0, 0.05) is 17.5 Å². The van der Waals surface area contributed by atoms with Crippen molar-refractivity contribution in [1.82, 2.24) is 0 Å². The smallest absolute Gasteiger partial charge is 0.145 e. The van der Waals surface area contributed by atoms with E-state index in [0.29, 0.717) is 17.7 Å². The number of rotatable bonds is 3. The van der Waals surface area contributed by atoms with Crippen molar-refractivity contribution in [3.63, 3.8) is 0 Å². The minimum Gasteiger partial charge on any atom is -0.469 e. The van der Waals surface area contributed by atoms with E-state index in [1.54, 1.807) is 6.07 Å². The lowest BCUT2D eigenvalue weighted by Gasteiger charge is -2.14. The van der Waals surface area contributed by atoms with Gasteiger partial charge in [-0.2, -0.15) is 0 Å². The minimum atomic E-state index is -0.879. The molecule has 1 aromatic heterocycles. The van der Waals surface area contributed by atoms with Crippen molar-refractivity contribution >= 4 is 15.9 Å². The van der Waals surface area contributed by atoms with Crippen LogP contribution in [0.2, 0.25) is 0 Å². The first-order valence-electron chi connectivity index (χ1n) is 5.51. The summed E-state index contributed by atoms with van der Waals surface area (Å²) >= 11 is 3.03. The van der Waals surface area contributed by atoms with Gasteiger partial charge in [-0.15, -0.1) is 0 Å². The molecule has 0 aliphatic heterocycles. The van der Waals surface area contributed by atoms with Gasteiger partial charge >= 0.3 is 0 Å². The predicted octanol–water partition coefficient (Wildman–Crippen LogP) is 3.93. The van der Waals surface area contributed by atoms with E-state index in [1.165, 1.54) is 18.4 Å². The zero-order valence-electron chi connectivity index (χ0n) is 9.71. The summed E-state index contributed by atoms with van der Waals surface area (Å²) in [6.07, 6.45) is 2.09. The van der Waals surface area contributed by atoms with Crippen LogP contribution in [0.3, 0.4) is 0 Å². The third kappa shape index (κ3) is 2.20. The Balaban J connectivity index is 2.52. The number of furan rings is 1. The van der Waals surface area contributed by atoms with Gasteiger partial charge < -0.3 is 10.2 Å². The first kappa shape index (κ1) is 13.2. The Morgan fingerprint density at radius 2 is 2.06 bits per heavy atom. The number of benzene rings is 1. The summed E-state index contributed by atoms with van der Waals surface area (Å²) in [6.45, 7) is 1.89. The highest BCUT2D eigenvalue weighted by atomic mass is 79.9. The van der Waals surface area contributed by atoms with Gasteiger partial charge in [0.2, 0.25) is 0 Å². The van der Waals surface area contributed by atoms with E-state index >= 15 is 0 Å². The Morgan fingerprint density at radius 3 is 2.72 bits per heavy atom. The molecule has 0 radical (unpaired) electrons. The molecule has 2 N–H and O–H groups in total. The zero-order valence-corrected chi connectivity index (χ0v) is 11.3. The number of halogens is 3. The summed E-state index contributed by atoms with van der Waals surface area (Å²) in [5.74, 6) is -0.696. The van der Waals surface area contributed by atoms with Crippen LogP contribution in [-0.4, -0.2) is 0 Å². The van der Waals surface area contributed by atoms with Crippen LogP contribution in [0.25, 0.3) is 0 Å². The third-order valence-electron chi connectivity index (χ3n) is 2.83.